The average molecular weight is 312 g/mol. The Balaban J connectivity index is 2.18. The SMILES string of the molecule is N#Cc1cccc(/C=C/C(=O)c2ccc(S(N)(=O)=O)cc2)c1. The van der Waals surface area contributed by atoms with Crippen LogP contribution in [0.4, 0.5) is 0 Å². The second-order valence-electron chi connectivity index (χ2n) is 4.50. The van der Waals surface area contributed by atoms with E-state index < -0.39 is 10.0 Å². The van der Waals surface area contributed by atoms with Gasteiger partial charge in [0.25, 0.3) is 0 Å². The Morgan fingerprint density at radius 3 is 2.41 bits per heavy atom. The lowest BCUT2D eigenvalue weighted by atomic mass is 10.1. The topological polar surface area (TPSA) is 101 Å². The number of hydrogen-bond acceptors (Lipinski definition) is 4. The van der Waals surface area contributed by atoms with Crippen molar-refractivity contribution in [2.45, 2.75) is 4.90 Å². The summed E-state index contributed by atoms with van der Waals surface area (Å²) in [4.78, 5) is 12.0. The zero-order chi connectivity index (χ0) is 16.2. The van der Waals surface area contributed by atoms with Gasteiger partial charge in [0.15, 0.2) is 5.78 Å². The molecule has 0 atom stereocenters. The van der Waals surface area contributed by atoms with E-state index in [2.05, 4.69) is 0 Å². The highest BCUT2D eigenvalue weighted by Gasteiger charge is 2.08. The summed E-state index contributed by atoms with van der Waals surface area (Å²) < 4.78 is 22.3. The van der Waals surface area contributed by atoms with Crippen LogP contribution < -0.4 is 5.14 Å². The molecule has 0 bridgehead atoms. The van der Waals surface area contributed by atoms with E-state index in [4.69, 9.17) is 10.4 Å². The molecule has 2 N–H and O–H groups in total. The highest BCUT2D eigenvalue weighted by Crippen LogP contribution is 2.11. The van der Waals surface area contributed by atoms with Gasteiger partial charge in [0.1, 0.15) is 0 Å². The molecular weight excluding hydrogens is 300 g/mol. The fourth-order valence-electron chi connectivity index (χ4n) is 1.79. The lowest BCUT2D eigenvalue weighted by Crippen LogP contribution is -2.12. The van der Waals surface area contributed by atoms with Gasteiger partial charge in [-0.1, -0.05) is 18.2 Å². The van der Waals surface area contributed by atoms with Crippen molar-refractivity contribution < 1.29 is 13.2 Å². The molecule has 6 heteroatoms. The molecule has 0 unspecified atom stereocenters. The average Bonchev–Trinajstić information content (AvgIpc) is 2.52. The Bertz CT molecular complexity index is 876. The summed E-state index contributed by atoms with van der Waals surface area (Å²) in [5.41, 5.74) is 1.58. The van der Waals surface area contributed by atoms with Crippen molar-refractivity contribution in [1.29, 1.82) is 5.26 Å². The zero-order valence-electron chi connectivity index (χ0n) is 11.4. The number of ketones is 1. The van der Waals surface area contributed by atoms with Crippen LogP contribution in [-0.2, 0) is 10.0 Å². The fraction of sp³-hybridized carbons (Fsp3) is 0. The van der Waals surface area contributed by atoms with E-state index in [0.29, 0.717) is 11.1 Å². The highest BCUT2D eigenvalue weighted by atomic mass is 32.2. The quantitative estimate of drug-likeness (QED) is 0.690. The summed E-state index contributed by atoms with van der Waals surface area (Å²) in [7, 11) is -3.77. The second-order valence-corrected chi connectivity index (χ2v) is 6.07. The number of primary sulfonamides is 1. The zero-order valence-corrected chi connectivity index (χ0v) is 12.2. The van der Waals surface area contributed by atoms with Crippen LogP contribution in [0.5, 0.6) is 0 Å². The van der Waals surface area contributed by atoms with Crippen LogP contribution in [0, 0.1) is 11.3 Å². The van der Waals surface area contributed by atoms with Crippen LogP contribution in [0.25, 0.3) is 6.08 Å². The number of nitriles is 1. The van der Waals surface area contributed by atoms with Crippen molar-refractivity contribution in [2.24, 2.45) is 5.14 Å². The van der Waals surface area contributed by atoms with E-state index in [9.17, 15) is 13.2 Å². The molecule has 2 aromatic rings. The molecule has 0 saturated carbocycles. The van der Waals surface area contributed by atoms with Crippen LogP contribution in [0.15, 0.2) is 59.5 Å². The standard InChI is InChI=1S/C16H12N2O3S/c17-11-13-3-1-2-12(10-13)4-9-16(19)14-5-7-15(8-6-14)22(18,20)21/h1-10H,(H2,18,20,21)/b9-4+. The number of benzene rings is 2. The van der Waals surface area contributed by atoms with Crippen LogP contribution in [-0.4, -0.2) is 14.2 Å². The first-order valence-electron chi connectivity index (χ1n) is 6.25. The van der Waals surface area contributed by atoms with Crippen molar-refractivity contribution >= 4 is 21.9 Å². The first-order valence-corrected chi connectivity index (χ1v) is 7.80. The molecular formula is C16H12N2O3S. The largest absolute Gasteiger partial charge is 0.289 e. The van der Waals surface area contributed by atoms with E-state index in [1.165, 1.54) is 30.3 Å². The normalized spacial score (nSPS) is 11.3. The van der Waals surface area contributed by atoms with Gasteiger partial charge < -0.3 is 0 Å². The lowest BCUT2D eigenvalue weighted by Gasteiger charge is -1.99. The van der Waals surface area contributed by atoms with Crippen LogP contribution >= 0.6 is 0 Å². The van der Waals surface area contributed by atoms with Crippen LogP contribution in [0.2, 0.25) is 0 Å². The summed E-state index contributed by atoms with van der Waals surface area (Å²) in [6.45, 7) is 0. The van der Waals surface area contributed by atoms with Crippen molar-refractivity contribution in [3.63, 3.8) is 0 Å². The Morgan fingerprint density at radius 1 is 1.14 bits per heavy atom. The minimum atomic E-state index is -3.77. The first kappa shape index (κ1) is 15.6. The summed E-state index contributed by atoms with van der Waals surface area (Å²) in [5, 5.41) is 13.8. The molecule has 110 valence electrons. The number of allylic oxidation sites excluding steroid dienone is 1. The maximum Gasteiger partial charge on any atom is 0.238 e. The minimum absolute atomic E-state index is 0.0465. The Kier molecular flexibility index (Phi) is 4.51. The smallest absolute Gasteiger partial charge is 0.238 e. The number of rotatable bonds is 4. The van der Waals surface area contributed by atoms with Crippen molar-refractivity contribution in [3.8, 4) is 6.07 Å². The van der Waals surface area contributed by atoms with Gasteiger partial charge in [-0.2, -0.15) is 5.26 Å². The van der Waals surface area contributed by atoms with E-state index >= 15 is 0 Å². The van der Waals surface area contributed by atoms with Gasteiger partial charge in [-0.05, 0) is 48.0 Å². The molecule has 0 aromatic heterocycles. The number of hydrogen-bond donors (Lipinski definition) is 1. The van der Waals surface area contributed by atoms with E-state index in [1.54, 1.807) is 30.3 Å². The predicted octanol–water partition coefficient (Wildman–Crippen LogP) is 2.10. The number of nitrogens with two attached hydrogens (primary N) is 1. The van der Waals surface area contributed by atoms with Gasteiger partial charge in [0.2, 0.25) is 10.0 Å². The number of nitrogens with zero attached hydrogens (tertiary/aromatic N) is 1. The van der Waals surface area contributed by atoms with Gasteiger partial charge in [0.05, 0.1) is 16.5 Å². The molecule has 0 aliphatic carbocycles. The molecule has 0 aliphatic heterocycles. The molecule has 2 rings (SSSR count). The van der Waals surface area contributed by atoms with E-state index in [1.807, 2.05) is 6.07 Å². The molecule has 0 saturated heterocycles. The number of carbonyl (C=O) groups excluding carboxylic acids is 1. The lowest BCUT2D eigenvalue weighted by molar-refractivity contribution is 0.104. The van der Waals surface area contributed by atoms with Crippen LogP contribution in [0.3, 0.4) is 0 Å². The molecule has 2 aromatic carbocycles. The van der Waals surface area contributed by atoms with Gasteiger partial charge in [-0.15, -0.1) is 0 Å². The molecule has 0 radical (unpaired) electrons. The Morgan fingerprint density at radius 2 is 1.82 bits per heavy atom. The number of sulfonamides is 1. The predicted molar refractivity (Wildman–Crippen MR) is 82.3 cm³/mol. The Hall–Kier alpha value is -2.75. The van der Waals surface area contributed by atoms with E-state index in [-0.39, 0.29) is 10.7 Å². The van der Waals surface area contributed by atoms with Crippen LogP contribution in [0.1, 0.15) is 21.5 Å². The third-order valence-corrected chi connectivity index (χ3v) is 3.84. The van der Waals surface area contributed by atoms with Gasteiger partial charge in [0, 0.05) is 5.56 Å². The first-order chi connectivity index (χ1) is 10.4. The fourth-order valence-corrected chi connectivity index (χ4v) is 2.30. The monoisotopic (exact) mass is 312 g/mol. The maximum absolute atomic E-state index is 12.0. The molecule has 0 amide bonds. The molecule has 5 nitrogen and oxygen atoms in total. The Labute approximate surface area is 128 Å². The molecule has 22 heavy (non-hydrogen) atoms. The third kappa shape index (κ3) is 3.88. The summed E-state index contributed by atoms with van der Waals surface area (Å²) in [6, 6.07) is 14.2. The molecule has 0 spiro atoms. The van der Waals surface area contributed by atoms with Gasteiger partial charge >= 0.3 is 0 Å². The van der Waals surface area contributed by atoms with Crippen molar-refractivity contribution in [2.75, 3.05) is 0 Å². The third-order valence-electron chi connectivity index (χ3n) is 2.91. The molecule has 0 heterocycles. The van der Waals surface area contributed by atoms with Crippen molar-refractivity contribution in [1.82, 2.24) is 0 Å². The maximum atomic E-state index is 12.0. The second kappa shape index (κ2) is 6.35. The van der Waals surface area contributed by atoms with Crippen molar-refractivity contribution in [3.05, 3.63) is 71.3 Å². The number of carbonyl (C=O) groups is 1. The highest BCUT2D eigenvalue weighted by molar-refractivity contribution is 7.89. The minimum Gasteiger partial charge on any atom is -0.289 e. The van der Waals surface area contributed by atoms with E-state index in [0.717, 1.165) is 5.56 Å². The summed E-state index contributed by atoms with van der Waals surface area (Å²) in [5.74, 6) is -0.275. The summed E-state index contributed by atoms with van der Waals surface area (Å²) >= 11 is 0. The van der Waals surface area contributed by atoms with Gasteiger partial charge in [-0.25, -0.2) is 13.6 Å². The molecule has 0 aliphatic rings. The van der Waals surface area contributed by atoms with Gasteiger partial charge in [-0.3, -0.25) is 4.79 Å². The molecule has 0 fully saturated rings. The summed E-state index contributed by atoms with van der Waals surface area (Å²) in [6.07, 6.45) is 2.96.